The minimum absolute atomic E-state index is 0.130. The number of nitriles is 1. The highest BCUT2D eigenvalue weighted by Gasteiger charge is 2.20. The molecule has 0 saturated heterocycles. The van der Waals surface area contributed by atoms with Crippen LogP contribution in [-0.2, 0) is 17.6 Å². The van der Waals surface area contributed by atoms with E-state index in [2.05, 4.69) is 11.4 Å². The fourth-order valence-electron chi connectivity index (χ4n) is 3.83. The number of aryl methyl sites for hydroxylation is 2. The van der Waals surface area contributed by atoms with Crippen molar-refractivity contribution in [2.24, 2.45) is 0 Å². The van der Waals surface area contributed by atoms with Crippen LogP contribution >= 0.6 is 11.8 Å². The van der Waals surface area contributed by atoms with Gasteiger partial charge in [-0.05, 0) is 80.6 Å². The molecule has 1 atom stereocenters. The maximum Gasteiger partial charge on any atom is 0.237 e. The number of anilines is 1. The molecule has 1 aliphatic carbocycles. The number of benzene rings is 2. The Kier molecular flexibility index (Phi) is 7.64. The molecule has 0 fully saturated rings. The van der Waals surface area contributed by atoms with Gasteiger partial charge in [0.05, 0.1) is 10.8 Å². The molecule has 2 aromatic carbocycles. The number of aromatic nitrogens is 1. The van der Waals surface area contributed by atoms with Gasteiger partial charge in [-0.3, -0.25) is 4.79 Å². The molecule has 168 valence electrons. The van der Waals surface area contributed by atoms with Gasteiger partial charge >= 0.3 is 0 Å². The molecule has 33 heavy (non-hydrogen) atoms. The van der Waals surface area contributed by atoms with E-state index in [1.54, 1.807) is 0 Å². The lowest BCUT2D eigenvalue weighted by Gasteiger charge is -2.17. The summed E-state index contributed by atoms with van der Waals surface area (Å²) in [6.07, 6.45) is 6.62. The van der Waals surface area contributed by atoms with E-state index < -0.39 is 5.25 Å². The van der Waals surface area contributed by atoms with Crippen LogP contribution in [0.1, 0.15) is 49.4 Å². The number of rotatable bonds is 6. The Bertz CT molecular complexity index is 1140. The third-order valence-electron chi connectivity index (χ3n) is 5.64. The number of fused-ring (bicyclic) bond motifs is 1. The number of thioether (sulfide) groups is 1. The number of ether oxygens (including phenoxy) is 1. The standard InChI is InChI=1S/C27H27N3O2S/c1-19(33-27-21(18-28)17-20-9-5-2-3-8-12-25(20)30-27)26(31)29-22-13-15-24(16-14-22)32-23-10-6-4-7-11-23/h4,6-7,10-11,13-17,19H,2-3,5,8-9,12H2,1H3,(H,29,31). The van der Waals surface area contributed by atoms with E-state index in [1.807, 2.05) is 67.6 Å². The Morgan fingerprint density at radius 2 is 1.73 bits per heavy atom. The molecule has 1 heterocycles. The van der Waals surface area contributed by atoms with Crippen LogP contribution < -0.4 is 10.1 Å². The summed E-state index contributed by atoms with van der Waals surface area (Å²) in [7, 11) is 0. The molecule has 1 aliphatic rings. The number of hydrogen-bond acceptors (Lipinski definition) is 5. The van der Waals surface area contributed by atoms with Crippen molar-refractivity contribution in [2.75, 3.05) is 5.32 Å². The second-order valence-electron chi connectivity index (χ2n) is 8.16. The molecule has 0 radical (unpaired) electrons. The predicted octanol–water partition coefficient (Wildman–Crippen LogP) is 6.52. The highest BCUT2D eigenvalue weighted by molar-refractivity contribution is 8.00. The Balaban J connectivity index is 1.40. The summed E-state index contributed by atoms with van der Waals surface area (Å²) in [5.41, 5.74) is 3.52. The van der Waals surface area contributed by atoms with Crippen molar-refractivity contribution in [3.05, 3.63) is 77.5 Å². The van der Waals surface area contributed by atoms with Crippen molar-refractivity contribution in [1.29, 1.82) is 5.26 Å². The summed E-state index contributed by atoms with van der Waals surface area (Å²) in [5, 5.41) is 12.8. The zero-order valence-electron chi connectivity index (χ0n) is 18.7. The Morgan fingerprint density at radius 3 is 2.45 bits per heavy atom. The molecule has 1 N–H and O–H groups in total. The predicted molar refractivity (Wildman–Crippen MR) is 132 cm³/mol. The van der Waals surface area contributed by atoms with Gasteiger partial charge in [0.1, 0.15) is 22.6 Å². The number of para-hydroxylation sites is 1. The van der Waals surface area contributed by atoms with Gasteiger partial charge < -0.3 is 10.1 Å². The average Bonchev–Trinajstić information content (AvgIpc) is 2.82. The van der Waals surface area contributed by atoms with Crippen LogP contribution in [0.3, 0.4) is 0 Å². The van der Waals surface area contributed by atoms with Crippen LogP contribution in [0.2, 0.25) is 0 Å². The van der Waals surface area contributed by atoms with Crippen molar-refractivity contribution in [3.63, 3.8) is 0 Å². The van der Waals surface area contributed by atoms with Crippen LogP contribution in [0.4, 0.5) is 5.69 Å². The molecule has 1 aromatic heterocycles. The summed E-state index contributed by atoms with van der Waals surface area (Å²) in [6, 6.07) is 21.1. The van der Waals surface area contributed by atoms with Gasteiger partial charge in [0, 0.05) is 11.4 Å². The molecular formula is C27H27N3O2S. The minimum atomic E-state index is -0.392. The van der Waals surface area contributed by atoms with Gasteiger partial charge in [-0.25, -0.2) is 4.98 Å². The van der Waals surface area contributed by atoms with Crippen LogP contribution in [-0.4, -0.2) is 16.1 Å². The van der Waals surface area contributed by atoms with E-state index >= 15 is 0 Å². The smallest absolute Gasteiger partial charge is 0.237 e. The summed E-state index contributed by atoms with van der Waals surface area (Å²) in [4.78, 5) is 17.6. The van der Waals surface area contributed by atoms with Crippen LogP contribution in [0, 0.1) is 11.3 Å². The Morgan fingerprint density at radius 1 is 1.03 bits per heavy atom. The van der Waals surface area contributed by atoms with E-state index in [1.165, 1.54) is 30.2 Å². The molecule has 0 bridgehead atoms. The molecule has 4 rings (SSSR count). The Labute approximate surface area is 199 Å². The first-order valence-electron chi connectivity index (χ1n) is 11.4. The highest BCUT2D eigenvalue weighted by Crippen LogP contribution is 2.30. The molecular weight excluding hydrogens is 430 g/mol. The van der Waals surface area contributed by atoms with Gasteiger partial charge in [-0.2, -0.15) is 5.26 Å². The molecule has 5 nitrogen and oxygen atoms in total. The van der Waals surface area contributed by atoms with Gasteiger partial charge in [0.15, 0.2) is 0 Å². The maximum atomic E-state index is 12.8. The number of nitrogens with zero attached hydrogens (tertiary/aromatic N) is 2. The number of nitrogens with one attached hydrogen (secondary N) is 1. The minimum Gasteiger partial charge on any atom is -0.457 e. The van der Waals surface area contributed by atoms with E-state index in [9.17, 15) is 10.1 Å². The average molecular weight is 458 g/mol. The lowest BCUT2D eigenvalue weighted by Crippen LogP contribution is -2.22. The van der Waals surface area contributed by atoms with Crippen LogP contribution in [0.25, 0.3) is 0 Å². The molecule has 0 aliphatic heterocycles. The van der Waals surface area contributed by atoms with Crippen LogP contribution in [0.15, 0.2) is 65.7 Å². The largest absolute Gasteiger partial charge is 0.457 e. The fourth-order valence-corrected chi connectivity index (χ4v) is 4.73. The van der Waals surface area contributed by atoms with E-state index in [0.29, 0.717) is 22.0 Å². The first kappa shape index (κ1) is 22.9. The van der Waals surface area contributed by atoms with Gasteiger partial charge in [-0.15, -0.1) is 0 Å². The van der Waals surface area contributed by atoms with Crippen LogP contribution in [0.5, 0.6) is 11.5 Å². The lowest BCUT2D eigenvalue weighted by molar-refractivity contribution is -0.115. The number of pyridine rings is 1. The molecule has 6 heteroatoms. The first-order chi connectivity index (χ1) is 16.1. The second-order valence-corrected chi connectivity index (χ2v) is 9.49. The molecule has 0 spiro atoms. The maximum absolute atomic E-state index is 12.8. The third kappa shape index (κ3) is 6.15. The van der Waals surface area contributed by atoms with Crippen molar-refractivity contribution in [1.82, 2.24) is 4.98 Å². The second kappa shape index (κ2) is 11.0. The third-order valence-corrected chi connectivity index (χ3v) is 6.75. The molecule has 3 aromatic rings. The number of amides is 1. The van der Waals surface area contributed by atoms with E-state index in [4.69, 9.17) is 9.72 Å². The van der Waals surface area contributed by atoms with Gasteiger partial charge in [0.2, 0.25) is 5.91 Å². The van der Waals surface area contributed by atoms with Crippen molar-refractivity contribution < 1.29 is 9.53 Å². The highest BCUT2D eigenvalue weighted by atomic mass is 32.2. The summed E-state index contributed by atoms with van der Waals surface area (Å²) < 4.78 is 5.80. The van der Waals surface area contributed by atoms with E-state index in [-0.39, 0.29) is 5.91 Å². The summed E-state index contributed by atoms with van der Waals surface area (Å²) in [6.45, 7) is 1.84. The quantitative estimate of drug-likeness (QED) is 0.426. The van der Waals surface area contributed by atoms with Gasteiger partial charge in [-0.1, -0.05) is 42.8 Å². The summed E-state index contributed by atoms with van der Waals surface area (Å²) in [5.74, 6) is 1.33. The normalized spacial score (nSPS) is 14.2. The molecule has 1 unspecified atom stereocenters. The Hall–Kier alpha value is -3.30. The monoisotopic (exact) mass is 457 g/mol. The number of carbonyl (C=O) groups excluding carboxylic acids is 1. The van der Waals surface area contributed by atoms with Crippen molar-refractivity contribution >= 4 is 23.4 Å². The van der Waals surface area contributed by atoms with Crippen molar-refractivity contribution in [2.45, 2.75) is 55.7 Å². The summed E-state index contributed by atoms with van der Waals surface area (Å²) >= 11 is 1.34. The number of carbonyl (C=O) groups is 1. The van der Waals surface area contributed by atoms with E-state index in [0.717, 1.165) is 37.1 Å². The zero-order chi connectivity index (χ0) is 23.0. The zero-order valence-corrected chi connectivity index (χ0v) is 19.5. The molecule has 0 saturated carbocycles. The lowest BCUT2D eigenvalue weighted by atomic mass is 9.96. The molecule has 1 amide bonds. The van der Waals surface area contributed by atoms with Crippen molar-refractivity contribution in [3.8, 4) is 17.6 Å². The fraction of sp³-hybridized carbons (Fsp3) is 0.296. The topological polar surface area (TPSA) is 75.0 Å². The SMILES string of the molecule is CC(Sc1nc2c(cc1C#N)CCCCCC2)C(=O)Nc1ccc(Oc2ccccc2)cc1. The van der Waals surface area contributed by atoms with Gasteiger partial charge in [0.25, 0.3) is 0 Å². The first-order valence-corrected chi connectivity index (χ1v) is 12.2. The number of hydrogen-bond donors (Lipinski definition) is 1.